The average Bonchev–Trinajstić information content (AvgIpc) is 2.29. The molecule has 94 valence electrons. The third-order valence-electron chi connectivity index (χ3n) is 1.83. The van der Waals surface area contributed by atoms with Crippen molar-refractivity contribution in [2.45, 2.75) is 18.2 Å². The lowest BCUT2D eigenvalue weighted by molar-refractivity contribution is -0.121. The lowest BCUT2D eigenvalue weighted by Crippen LogP contribution is -2.41. The first-order valence-electron chi connectivity index (χ1n) is 4.62. The van der Waals surface area contributed by atoms with Crippen molar-refractivity contribution in [1.82, 2.24) is 10.3 Å². The Kier molecular flexibility index (Phi) is 5.11. The molecular formula is C9H10Br2N2O3S. The van der Waals surface area contributed by atoms with E-state index in [1.807, 2.05) is 4.83 Å². The molecule has 0 saturated carbocycles. The Balaban J connectivity index is 2.97. The number of benzene rings is 1. The summed E-state index contributed by atoms with van der Waals surface area (Å²) < 4.78 is 24.7. The highest BCUT2D eigenvalue weighted by atomic mass is 79.9. The Morgan fingerprint density at radius 2 is 2.00 bits per heavy atom. The van der Waals surface area contributed by atoms with Gasteiger partial charge in [0.2, 0.25) is 5.91 Å². The number of hydrogen-bond donors (Lipinski definition) is 2. The van der Waals surface area contributed by atoms with Gasteiger partial charge in [0.15, 0.2) is 0 Å². The van der Waals surface area contributed by atoms with Crippen molar-refractivity contribution >= 4 is 47.8 Å². The molecule has 0 atom stereocenters. The minimum Gasteiger partial charge on any atom is -0.278 e. The van der Waals surface area contributed by atoms with Gasteiger partial charge in [-0.1, -0.05) is 22.9 Å². The van der Waals surface area contributed by atoms with Crippen molar-refractivity contribution in [3.63, 3.8) is 0 Å². The predicted octanol–water partition coefficient (Wildman–Crippen LogP) is 1.93. The zero-order chi connectivity index (χ0) is 13.1. The first kappa shape index (κ1) is 14.6. The molecule has 0 spiro atoms. The molecule has 1 aromatic rings. The molecule has 0 heterocycles. The van der Waals surface area contributed by atoms with E-state index in [2.05, 4.69) is 37.3 Å². The number of nitrogens with one attached hydrogen (secondary N) is 2. The van der Waals surface area contributed by atoms with Gasteiger partial charge in [-0.25, -0.2) is 8.42 Å². The van der Waals surface area contributed by atoms with Gasteiger partial charge in [0.25, 0.3) is 10.0 Å². The molecule has 0 aromatic heterocycles. The number of hydrogen-bond acceptors (Lipinski definition) is 3. The summed E-state index contributed by atoms with van der Waals surface area (Å²) in [7, 11) is -3.78. The summed E-state index contributed by atoms with van der Waals surface area (Å²) in [4.78, 5) is 13.0. The van der Waals surface area contributed by atoms with Crippen LogP contribution in [0.25, 0.3) is 0 Å². The van der Waals surface area contributed by atoms with Crippen molar-refractivity contribution in [2.24, 2.45) is 0 Å². The van der Waals surface area contributed by atoms with Crippen LogP contribution >= 0.6 is 31.9 Å². The number of halogens is 2. The van der Waals surface area contributed by atoms with E-state index < -0.39 is 15.9 Å². The van der Waals surface area contributed by atoms with Crippen molar-refractivity contribution in [3.05, 3.63) is 27.1 Å². The molecule has 0 bridgehead atoms. The van der Waals surface area contributed by atoms with Crippen LogP contribution in [0, 0.1) is 0 Å². The van der Waals surface area contributed by atoms with Gasteiger partial charge in [-0.2, -0.15) is 0 Å². The molecule has 0 saturated heterocycles. The highest BCUT2D eigenvalue weighted by molar-refractivity contribution is 9.11. The summed E-state index contributed by atoms with van der Waals surface area (Å²) in [6.07, 6.45) is 0.197. The Bertz CT molecular complexity index is 531. The van der Waals surface area contributed by atoms with Crippen LogP contribution in [0.4, 0.5) is 0 Å². The van der Waals surface area contributed by atoms with Crippen LogP contribution in [0.15, 0.2) is 32.0 Å². The monoisotopic (exact) mass is 384 g/mol. The van der Waals surface area contributed by atoms with Crippen molar-refractivity contribution in [2.75, 3.05) is 0 Å². The van der Waals surface area contributed by atoms with Gasteiger partial charge >= 0.3 is 0 Å². The second kappa shape index (κ2) is 5.94. The number of hydrazine groups is 1. The summed E-state index contributed by atoms with van der Waals surface area (Å²) >= 11 is 6.32. The van der Waals surface area contributed by atoms with Gasteiger partial charge in [0, 0.05) is 15.4 Å². The largest absolute Gasteiger partial charge is 0.278 e. The average molecular weight is 386 g/mol. The van der Waals surface area contributed by atoms with Gasteiger partial charge in [-0.05, 0) is 34.1 Å². The number of carbonyl (C=O) groups excluding carboxylic acids is 1. The van der Waals surface area contributed by atoms with Crippen LogP contribution in [-0.4, -0.2) is 14.3 Å². The van der Waals surface area contributed by atoms with Gasteiger partial charge in [0.05, 0.1) is 4.90 Å². The molecule has 0 aliphatic carbocycles. The number of sulfonamides is 1. The first-order valence-corrected chi connectivity index (χ1v) is 7.69. The van der Waals surface area contributed by atoms with Crippen LogP contribution in [0.1, 0.15) is 13.3 Å². The van der Waals surface area contributed by atoms with Crippen LogP contribution in [0.2, 0.25) is 0 Å². The second-order valence-electron chi connectivity index (χ2n) is 3.08. The molecule has 1 aromatic carbocycles. The Labute approximate surface area is 116 Å². The summed E-state index contributed by atoms with van der Waals surface area (Å²) in [6, 6.07) is 4.73. The highest BCUT2D eigenvalue weighted by Gasteiger charge is 2.18. The fraction of sp³-hybridized carbons (Fsp3) is 0.222. The molecule has 5 nitrogen and oxygen atoms in total. The summed E-state index contributed by atoms with van der Waals surface area (Å²) in [5.74, 6) is -0.403. The molecule has 1 amide bonds. The maximum absolute atomic E-state index is 11.8. The van der Waals surface area contributed by atoms with E-state index in [0.717, 1.165) is 0 Å². The molecule has 0 fully saturated rings. The van der Waals surface area contributed by atoms with Gasteiger partial charge in [-0.15, -0.1) is 4.83 Å². The maximum Gasteiger partial charge on any atom is 0.258 e. The highest BCUT2D eigenvalue weighted by Crippen LogP contribution is 2.25. The van der Waals surface area contributed by atoms with Gasteiger partial charge in [-0.3, -0.25) is 10.2 Å². The number of carbonyl (C=O) groups is 1. The van der Waals surface area contributed by atoms with Crippen LogP contribution in [0.3, 0.4) is 0 Å². The van der Waals surface area contributed by atoms with Gasteiger partial charge in [0.1, 0.15) is 0 Å². The van der Waals surface area contributed by atoms with Crippen LogP contribution < -0.4 is 10.3 Å². The Hall–Kier alpha value is -0.440. The fourth-order valence-corrected chi connectivity index (χ4v) is 3.31. The quantitative estimate of drug-likeness (QED) is 0.777. The van der Waals surface area contributed by atoms with Crippen molar-refractivity contribution < 1.29 is 13.2 Å². The lowest BCUT2D eigenvalue weighted by Gasteiger charge is -2.09. The third-order valence-corrected chi connectivity index (χ3v) is 4.56. The second-order valence-corrected chi connectivity index (χ2v) is 6.50. The minimum atomic E-state index is -3.78. The number of rotatable bonds is 4. The van der Waals surface area contributed by atoms with Gasteiger partial charge < -0.3 is 0 Å². The molecule has 17 heavy (non-hydrogen) atoms. The standard InChI is InChI=1S/C9H10Br2N2O3S/c1-2-9(14)12-13-17(15,16)8-5-6(10)3-4-7(8)11/h3-5,13H,2H2,1H3,(H,12,14). The SMILES string of the molecule is CCC(=O)NNS(=O)(=O)c1cc(Br)ccc1Br. The predicted molar refractivity (Wildman–Crippen MR) is 70.6 cm³/mol. The summed E-state index contributed by atoms with van der Waals surface area (Å²) in [5.41, 5.74) is 2.10. The van der Waals surface area contributed by atoms with E-state index in [-0.39, 0.29) is 11.3 Å². The van der Waals surface area contributed by atoms with E-state index in [4.69, 9.17) is 0 Å². The maximum atomic E-state index is 11.8. The smallest absolute Gasteiger partial charge is 0.258 e. The first-order chi connectivity index (χ1) is 7.86. The van der Waals surface area contributed by atoms with E-state index >= 15 is 0 Å². The summed E-state index contributed by atoms with van der Waals surface area (Å²) in [6.45, 7) is 1.62. The molecule has 1 rings (SSSR count). The van der Waals surface area contributed by atoms with Crippen molar-refractivity contribution in [3.8, 4) is 0 Å². The Morgan fingerprint density at radius 1 is 1.35 bits per heavy atom. The minimum absolute atomic E-state index is 0.0447. The van der Waals surface area contributed by atoms with E-state index in [0.29, 0.717) is 8.95 Å². The topological polar surface area (TPSA) is 75.3 Å². The van der Waals surface area contributed by atoms with Crippen LogP contribution in [0.5, 0.6) is 0 Å². The van der Waals surface area contributed by atoms with Crippen LogP contribution in [-0.2, 0) is 14.8 Å². The zero-order valence-corrected chi connectivity index (χ0v) is 12.8. The molecule has 2 N–H and O–H groups in total. The van der Waals surface area contributed by atoms with E-state index in [1.54, 1.807) is 19.1 Å². The van der Waals surface area contributed by atoms with E-state index in [1.165, 1.54) is 6.07 Å². The zero-order valence-electron chi connectivity index (χ0n) is 8.83. The lowest BCUT2D eigenvalue weighted by atomic mass is 10.4. The van der Waals surface area contributed by atoms with Crippen molar-refractivity contribution in [1.29, 1.82) is 0 Å². The van der Waals surface area contributed by atoms with E-state index in [9.17, 15) is 13.2 Å². The fourth-order valence-electron chi connectivity index (χ4n) is 0.951. The molecular weight excluding hydrogens is 376 g/mol. The third kappa shape index (κ3) is 4.06. The molecule has 0 unspecified atom stereocenters. The normalized spacial score (nSPS) is 11.2. The molecule has 0 aliphatic heterocycles. The Morgan fingerprint density at radius 3 is 2.59 bits per heavy atom. The molecule has 0 radical (unpaired) electrons. The molecule has 8 heteroatoms. The summed E-state index contributed by atoms with van der Waals surface area (Å²) in [5, 5.41) is 0. The molecule has 0 aliphatic rings. The number of amides is 1.